The highest BCUT2D eigenvalue weighted by Gasteiger charge is 2.20. The lowest BCUT2D eigenvalue weighted by Gasteiger charge is -2.22. The van der Waals surface area contributed by atoms with Gasteiger partial charge in [-0.25, -0.2) is 0 Å². The molecule has 0 radical (unpaired) electrons. The van der Waals surface area contributed by atoms with Gasteiger partial charge in [0.1, 0.15) is 0 Å². The molecule has 0 bridgehead atoms. The average molecular weight is 454 g/mol. The lowest BCUT2D eigenvalue weighted by Crippen LogP contribution is -2.29. The SMILES string of the molecule is C[Si](C)(CI)CCCC[Si](C)(C)CI. The third-order valence-electron chi connectivity index (χ3n) is 2.68. The molecule has 0 atom stereocenters. The molecule has 0 aromatic rings. The molecule has 0 nitrogen and oxygen atoms in total. The highest BCUT2D eigenvalue weighted by Crippen LogP contribution is 2.21. The third kappa shape index (κ3) is 8.09. The molecule has 0 amide bonds. The van der Waals surface area contributed by atoms with Crippen LogP contribution in [0.3, 0.4) is 0 Å². The topological polar surface area (TPSA) is 0 Å². The van der Waals surface area contributed by atoms with E-state index in [2.05, 4.69) is 71.4 Å². The molecule has 86 valence electrons. The van der Waals surface area contributed by atoms with Gasteiger partial charge in [0.2, 0.25) is 0 Å². The van der Waals surface area contributed by atoms with Crippen LogP contribution < -0.4 is 0 Å². The number of halogens is 2. The van der Waals surface area contributed by atoms with Crippen LogP contribution in [0, 0.1) is 0 Å². The summed E-state index contributed by atoms with van der Waals surface area (Å²) in [5.41, 5.74) is 0. The maximum absolute atomic E-state index is 2.57. The lowest BCUT2D eigenvalue weighted by molar-refractivity contribution is 0.852. The first kappa shape index (κ1) is 15.9. The molecular formula is C10H24I2Si2. The highest BCUT2D eigenvalue weighted by atomic mass is 127. The Morgan fingerprint density at radius 1 is 0.714 bits per heavy atom. The number of rotatable bonds is 7. The summed E-state index contributed by atoms with van der Waals surface area (Å²) in [4.78, 5) is 0. The normalized spacial score (nSPS) is 13.3. The van der Waals surface area contributed by atoms with Gasteiger partial charge in [0.15, 0.2) is 0 Å². The molecule has 0 fully saturated rings. The standard InChI is InChI=1S/C10H24I2Si2/c1-13(2,9-11)7-5-6-8-14(3,4)10-12/h5-10H2,1-4H3. The zero-order chi connectivity index (χ0) is 11.2. The smallest absolute Gasteiger partial charge is 0.0578 e. The fraction of sp³-hybridized carbons (Fsp3) is 1.00. The van der Waals surface area contributed by atoms with Crippen LogP contribution in [0.4, 0.5) is 0 Å². The molecule has 0 aliphatic heterocycles. The van der Waals surface area contributed by atoms with E-state index >= 15 is 0 Å². The second-order valence-electron chi connectivity index (χ2n) is 5.80. The molecule has 0 aromatic heterocycles. The molecule has 0 spiro atoms. The number of unbranched alkanes of at least 4 members (excludes halogenated alkanes) is 1. The molecule has 0 aliphatic carbocycles. The Morgan fingerprint density at radius 3 is 1.21 bits per heavy atom. The van der Waals surface area contributed by atoms with Crippen molar-refractivity contribution >= 4 is 61.3 Å². The van der Waals surface area contributed by atoms with E-state index in [4.69, 9.17) is 0 Å². The quantitative estimate of drug-likeness (QED) is 0.217. The minimum atomic E-state index is -0.784. The van der Waals surface area contributed by atoms with Gasteiger partial charge in [-0.15, -0.1) is 0 Å². The van der Waals surface area contributed by atoms with Gasteiger partial charge in [0.05, 0.1) is 16.1 Å². The fourth-order valence-electron chi connectivity index (χ4n) is 1.34. The van der Waals surface area contributed by atoms with Crippen molar-refractivity contribution in [3.8, 4) is 0 Å². The van der Waals surface area contributed by atoms with Crippen LogP contribution in [-0.4, -0.2) is 24.2 Å². The Kier molecular flexibility index (Phi) is 8.25. The van der Waals surface area contributed by atoms with E-state index in [0.29, 0.717) is 0 Å². The maximum Gasteiger partial charge on any atom is 0.0578 e. The van der Waals surface area contributed by atoms with E-state index in [9.17, 15) is 0 Å². The van der Waals surface area contributed by atoms with Crippen LogP contribution in [0.1, 0.15) is 12.8 Å². The summed E-state index contributed by atoms with van der Waals surface area (Å²) in [7, 11) is -1.57. The van der Waals surface area contributed by atoms with E-state index in [1.165, 1.54) is 20.9 Å². The molecule has 0 heterocycles. The van der Waals surface area contributed by atoms with Crippen LogP contribution in [-0.2, 0) is 0 Å². The number of hydrogen-bond donors (Lipinski definition) is 0. The highest BCUT2D eigenvalue weighted by molar-refractivity contribution is 14.1. The molecule has 4 heteroatoms. The molecule has 0 aromatic carbocycles. The van der Waals surface area contributed by atoms with E-state index in [0.717, 1.165) is 0 Å². The van der Waals surface area contributed by atoms with Gasteiger partial charge in [0.25, 0.3) is 0 Å². The maximum atomic E-state index is 2.57. The van der Waals surface area contributed by atoms with Crippen LogP contribution >= 0.6 is 45.2 Å². The first-order valence-corrected chi connectivity index (χ1v) is 15.3. The van der Waals surface area contributed by atoms with Gasteiger partial charge >= 0.3 is 0 Å². The van der Waals surface area contributed by atoms with Crippen molar-refractivity contribution in [2.24, 2.45) is 0 Å². The Hall–Kier alpha value is 1.89. The zero-order valence-corrected chi connectivity index (χ0v) is 16.3. The van der Waals surface area contributed by atoms with E-state index in [-0.39, 0.29) is 0 Å². The first-order chi connectivity index (χ1) is 6.33. The monoisotopic (exact) mass is 454 g/mol. The minimum absolute atomic E-state index is 0.784. The van der Waals surface area contributed by atoms with Crippen LogP contribution in [0.25, 0.3) is 0 Å². The molecule has 14 heavy (non-hydrogen) atoms. The van der Waals surface area contributed by atoms with Crippen LogP contribution in [0.15, 0.2) is 0 Å². The minimum Gasteiger partial charge on any atom is -0.0897 e. The van der Waals surface area contributed by atoms with Gasteiger partial charge in [-0.1, -0.05) is 96.3 Å². The summed E-state index contributed by atoms with van der Waals surface area (Å²) in [6.45, 7) is 10.1. The van der Waals surface area contributed by atoms with E-state index in [1.54, 1.807) is 12.1 Å². The molecule has 0 N–H and O–H groups in total. The average Bonchev–Trinajstić information content (AvgIpc) is 2.13. The Bertz CT molecular complexity index is 140. The molecule has 0 saturated heterocycles. The van der Waals surface area contributed by atoms with Gasteiger partial charge in [-0.3, -0.25) is 0 Å². The fourth-order valence-corrected chi connectivity index (χ4v) is 6.31. The van der Waals surface area contributed by atoms with Crippen molar-refractivity contribution in [2.75, 3.05) is 8.10 Å². The van der Waals surface area contributed by atoms with Crippen molar-refractivity contribution in [1.29, 1.82) is 0 Å². The molecule has 0 rings (SSSR count). The summed E-state index contributed by atoms with van der Waals surface area (Å²) in [5.74, 6) is 0. The van der Waals surface area contributed by atoms with E-state index in [1.807, 2.05) is 0 Å². The van der Waals surface area contributed by atoms with Crippen LogP contribution in [0.5, 0.6) is 0 Å². The summed E-state index contributed by atoms with van der Waals surface area (Å²) in [5, 5.41) is 0. The Labute approximate surface area is 119 Å². The van der Waals surface area contributed by atoms with E-state index < -0.39 is 16.1 Å². The predicted octanol–water partition coefficient (Wildman–Crippen LogP) is 5.13. The van der Waals surface area contributed by atoms with Crippen molar-refractivity contribution in [2.45, 2.75) is 51.1 Å². The van der Waals surface area contributed by atoms with Gasteiger partial charge in [-0.05, 0) is 8.10 Å². The second-order valence-corrected chi connectivity index (χ2v) is 20.6. The van der Waals surface area contributed by atoms with Gasteiger partial charge < -0.3 is 0 Å². The molecule has 0 aliphatic rings. The van der Waals surface area contributed by atoms with Crippen LogP contribution in [0.2, 0.25) is 38.3 Å². The van der Waals surface area contributed by atoms with Crippen molar-refractivity contribution in [1.82, 2.24) is 0 Å². The Morgan fingerprint density at radius 2 is 1.00 bits per heavy atom. The van der Waals surface area contributed by atoms with Crippen molar-refractivity contribution < 1.29 is 0 Å². The first-order valence-electron chi connectivity index (χ1n) is 5.45. The number of hydrogen-bond acceptors (Lipinski definition) is 0. The zero-order valence-electron chi connectivity index (χ0n) is 10.00. The number of alkyl halides is 2. The van der Waals surface area contributed by atoms with Gasteiger partial charge in [0, 0.05) is 0 Å². The molecule has 0 unspecified atom stereocenters. The molecule has 0 saturated carbocycles. The van der Waals surface area contributed by atoms with Crippen molar-refractivity contribution in [3.63, 3.8) is 0 Å². The molecular weight excluding hydrogens is 430 g/mol. The predicted molar refractivity (Wildman–Crippen MR) is 91.6 cm³/mol. The summed E-state index contributed by atoms with van der Waals surface area (Å²) < 4.78 is 2.86. The summed E-state index contributed by atoms with van der Waals surface area (Å²) >= 11 is 5.15. The largest absolute Gasteiger partial charge is 0.0897 e. The summed E-state index contributed by atoms with van der Waals surface area (Å²) in [6, 6.07) is 3.09. The van der Waals surface area contributed by atoms with Crippen molar-refractivity contribution in [3.05, 3.63) is 0 Å². The lowest BCUT2D eigenvalue weighted by atomic mass is 10.4. The summed E-state index contributed by atoms with van der Waals surface area (Å²) in [6.07, 6.45) is 2.99. The van der Waals surface area contributed by atoms with Gasteiger partial charge in [-0.2, -0.15) is 0 Å². The third-order valence-corrected chi connectivity index (χ3v) is 19.9. The second kappa shape index (κ2) is 7.26. The Balaban J connectivity index is 3.57.